The predicted octanol–water partition coefficient (Wildman–Crippen LogP) is 1.56. The van der Waals surface area contributed by atoms with E-state index in [0.29, 0.717) is 25.3 Å². The minimum atomic E-state index is -0.978. The lowest BCUT2D eigenvalue weighted by atomic mass is 9.94. The van der Waals surface area contributed by atoms with Crippen molar-refractivity contribution in [2.75, 3.05) is 6.54 Å². The molecular formula is C14H23NO4. The first-order valence-electron chi connectivity index (χ1n) is 7.08. The number of rotatable bonds is 6. The molecule has 1 saturated carbocycles. The van der Waals surface area contributed by atoms with Gasteiger partial charge in [-0.2, -0.15) is 0 Å². The van der Waals surface area contributed by atoms with Crippen LogP contribution in [0.4, 0.5) is 0 Å². The van der Waals surface area contributed by atoms with Crippen molar-refractivity contribution in [1.82, 2.24) is 5.32 Å². The Morgan fingerprint density at radius 1 is 1.32 bits per heavy atom. The summed E-state index contributed by atoms with van der Waals surface area (Å²) in [5.41, 5.74) is 0.286. The van der Waals surface area contributed by atoms with E-state index >= 15 is 0 Å². The van der Waals surface area contributed by atoms with E-state index in [4.69, 9.17) is 9.84 Å². The molecule has 5 nitrogen and oxygen atoms in total. The zero-order valence-corrected chi connectivity index (χ0v) is 11.6. The SMILES string of the molecule is CC(C)CC1(CNC(=O)[C@@H]2CC[C@H](C(=O)O)O2)CC1. The minimum Gasteiger partial charge on any atom is -0.479 e. The average Bonchev–Trinajstić information content (AvgIpc) is 2.91. The zero-order valence-electron chi connectivity index (χ0n) is 11.6. The lowest BCUT2D eigenvalue weighted by Gasteiger charge is -2.19. The van der Waals surface area contributed by atoms with Gasteiger partial charge in [-0.3, -0.25) is 4.79 Å². The molecule has 2 N–H and O–H groups in total. The number of carbonyl (C=O) groups excluding carboxylic acids is 1. The summed E-state index contributed by atoms with van der Waals surface area (Å²) >= 11 is 0. The molecule has 0 aromatic rings. The standard InChI is InChI=1S/C14H23NO4/c1-9(2)7-14(5-6-14)8-15-12(16)10-3-4-11(19-10)13(17)18/h9-11H,3-8H2,1-2H3,(H,15,16)(H,17,18)/t10-,11+/m0/s1. The van der Waals surface area contributed by atoms with Gasteiger partial charge in [0, 0.05) is 6.54 Å². The van der Waals surface area contributed by atoms with Crippen molar-refractivity contribution < 1.29 is 19.4 Å². The van der Waals surface area contributed by atoms with Crippen LogP contribution in [0.3, 0.4) is 0 Å². The summed E-state index contributed by atoms with van der Waals surface area (Å²) in [6, 6.07) is 0. The first-order chi connectivity index (χ1) is 8.92. The lowest BCUT2D eigenvalue weighted by molar-refractivity contribution is -0.151. The van der Waals surface area contributed by atoms with Gasteiger partial charge in [0.2, 0.25) is 5.91 Å². The Morgan fingerprint density at radius 3 is 2.42 bits per heavy atom. The third-order valence-electron chi connectivity index (χ3n) is 4.02. The molecule has 2 rings (SSSR count). The molecule has 2 fully saturated rings. The predicted molar refractivity (Wildman–Crippen MR) is 69.7 cm³/mol. The fourth-order valence-corrected chi connectivity index (χ4v) is 2.90. The fourth-order valence-electron chi connectivity index (χ4n) is 2.90. The molecule has 0 aromatic heterocycles. The van der Waals surface area contributed by atoms with Crippen LogP contribution >= 0.6 is 0 Å². The van der Waals surface area contributed by atoms with Gasteiger partial charge in [0.15, 0.2) is 6.10 Å². The second kappa shape index (κ2) is 5.49. The molecule has 1 amide bonds. The van der Waals surface area contributed by atoms with Crippen molar-refractivity contribution in [3.63, 3.8) is 0 Å². The average molecular weight is 269 g/mol. The monoisotopic (exact) mass is 269 g/mol. The van der Waals surface area contributed by atoms with Gasteiger partial charge >= 0.3 is 5.97 Å². The molecule has 5 heteroatoms. The quantitative estimate of drug-likeness (QED) is 0.767. The number of carbonyl (C=O) groups is 2. The van der Waals surface area contributed by atoms with Gasteiger partial charge in [-0.25, -0.2) is 4.79 Å². The maximum atomic E-state index is 11.9. The van der Waals surface area contributed by atoms with E-state index in [1.54, 1.807) is 0 Å². The van der Waals surface area contributed by atoms with Crippen LogP contribution in [0.1, 0.15) is 46.0 Å². The summed E-state index contributed by atoms with van der Waals surface area (Å²) < 4.78 is 5.24. The second-order valence-electron chi connectivity index (χ2n) is 6.34. The summed E-state index contributed by atoms with van der Waals surface area (Å²) in [4.78, 5) is 22.7. The van der Waals surface area contributed by atoms with Gasteiger partial charge in [0.25, 0.3) is 0 Å². The highest BCUT2D eigenvalue weighted by atomic mass is 16.5. The van der Waals surface area contributed by atoms with Gasteiger partial charge in [-0.1, -0.05) is 13.8 Å². The van der Waals surface area contributed by atoms with E-state index in [9.17, 15) is 9.59 Å². The molecule has 1 saturated heterocycles. The molecule has 1 aliphatic heterocycles. The van der Waals surface area contributed by atoms with Gasteiger partial charge in [0.1, 0.15) is 6.10 Å². The van der Waals surface area contributed by atoms with Gasteiger partial charge in [0.05, 0.1) is 0 Å². The highest BCUT2D eigenvalue weighted by Gasteiger charge is 2.43. The maximum Gasteiger partial charge on any atom is 0.332 e. The number of aliphatic carboxylic acids is 1. The Hall–Kier alpha value is -1.10. The van der Waals surface area contributed by atoms with E-state index in [0.717, 1.165) is 6.42 Å². The highest BCUT2D eigenvalue weighted by molar-refractivity contribution is 5.82. The Kier molecular flexibility index (Phi) is 4.13. The van der Waals surface area contributed by atoms with Gasteiger partial charge in [-0.15, -0.1) is 0 Å². The Labute approximate surface area is 113 Å². The summed E-state index contributed by atoms with van der Waals surface area (Å²) in [5, 5.41) is 11.8. The van der Waals surface area contributed by atoms with Crippen LogP contribution in [0, 0.1) is 11.3 Å². The number of carboxylic acid groups (broad SMARTS) is 1. The third-order valence-corrected chi connectivity index (χ3v) is 4.02. The number of ether oxygens (including phenoxy) is 1. The number of carboxylic acids is 1. The smallest absolute Gasteiger partial charge is 0.332 e. The van der Waals surface area contributed by atoms with Crippen molar-refractivity contribution in [2.24, 2.45) is 11.3 Å². The van der Waals surface area contributed by atoms with Crippen molar-refractivity contribution in [3.8, 4) is 0 Å². The highest BCUT2D eigenvalue weighted by Crippen LogP contribution is 2.50. The molecule has 108 valence electrons. The van der Waals surface area contributed by atoms with E-state index in [1.165, 1.54) is 12.8 Å². The van der Waals surface area contributed by atoms with Crippen molar-refractivity contribution in [2.45, 2.75) is 58.2 Å². The molecule has 0 spiro atoms. The summed E-state index contributed by atoms with van der Waals surface area (Å²) in [6.45, 7) is 5.08. The molecule has 0 aromatic carbocycles. The van der Waals surface area contributed by atoms with E-state index in [-0.39, 0.29) is 11.3 Å². The van der Waals surface area contributed by atoms with Crippen molar-refractivity contribution in [1.29, 1.82) is 0 Å². The third kappa shape index (κ3) is 3.69. The van der Waals surface area contributed by atoms with Gasteiger partial charge in [-0.05, 0) is 43.4 Å². The molecule has 1 aliphatic carbocycles. The van der Waals surface area contributed by atoms with Crippen molar-refractivity contribution >= 4 is 11.9 Å². The number of hydrogen-bond donors (Lipinski definition) is 2. The second-order valence-corrected chi connectivity index (χ2v) is 6.34. The number of nitrogens with one attached hydrogen (secondary N) is 1. The normalized spacial score (nSPS) is 28.4. The summed E-state index contributed by atoms with van der Waals surface area (Å²) in [7, 11) is 0. The molecular weight excluding hydrogens is 246 g/mol. The van der Waals surface area contributed by atoms with Crippen LogP contribution in [0.15, 0.2) is 0 Å². The molecule has 2 atom stereocenters. The van der Waals surface area contributed by atoms with E-state index in [1.807, 2.05) is 0 Å². The minimum absolute atomic E-state index is 0.154. The topological polar surface area (TPSA) is 75.6 Å². The Morgan fingerprint density at radius 2 is 1.95 bits per heavy atom. The first kappa shape index (κ1) is 14.3. The molecule has 2 aliphatic rings. The van der Waals surface area contributed by atoms with Crippen LogP contribution in [-0.4, -0.2) is 35.7 Å². The van der Waals surface area contributed by atoms with Crippen LogP contribution in [0.2, 0.25) is 0 Å². The first-order valence-corrected chi connectivity index (χ1v) is 7.08. The van der Waals surface area contributed by atoms with Crippen LogP contribution in [-0.2, 0) is 14.3 Å². The largest absolute Gasteiger partial charge is 0.479 e. The molecule has 19 heavy (non-hydrogen) atoms. The zero-order chi connectivity index (χ0) is 14.0. The van der Waals surface area contributed by atoms with E-state index in [2.05, 4.69) is 19.2 Å². The summed E-state index contributed by atoms with van der Waals surface area (Å²) in [5.74, 6) is -0.494. The fraction of sp³-hybridized carbons (Fsp3) is 0.857. The van der Waals surface area contributed by atoms with Crippen LogP contribution in [0.5, 0.6) is 0 Å². The Balaban J connectivity index is 1.75. The van der Waals surface area contributed by atoms with E-state index < -0.39 is 18.2 Å². The molecule has 0 bridgehead atoms. The summed E-state index contributed by atoms with van der Waals surface area (Å²) in [6.07, 6.45) is 3.00. The number of hydrogen-bond acceptors (Lipinski definition) is 3. The molecule has 0 unspecified atom stereocenters. The van der Waals surface area contributed by atoms with Gasteiger partial charge < -0.3 is 15.2 Å². The maximum absolute atomic E-state index is 11.9. The van der Waals surface area contributed by atoms with Crippen molar-refractivity contribution in [3.05, 3.63) is 0 Å². The molecule has 1 heterocycles. The van der Waals surface area contributed by atoms with Crippen LogP contribution in [0.25, 0.3) is 0 Å². The Bertz CT molecular complexity index is 362. The number of amides is 1. The van der Waals surface area contributed by atoms with Crippen LogP contribution < -0.4 is 5.32 Å². The lowest BCUT2D eigenvalue weighted by Crippen LogP contribution is -2.39. The molecule has 0 radical (unpaired) electrons.